The van der Waals surface area contributed by atoms with Gasteiger partial charge in [0.05, 0.1) is 0 Å². The fourth-order valence-electron chi connectivity index (χ4n) is 2.33. The summed E-state index contributed by atoms with van der Waals surface area (Å²) in [4.78, 5) is 12.9. The monoisotopic (exact) mass is 268 g/mol. The van der Waals surface area contributed by atoms with Crippen LogP contribution in [-0.2, 0) is 7.05 Å². The number of hydrogen-bond acceptors (Lipinski definition) is 4. The highest BCUT2D eigenvalue weighted by Crippen LogP contribution is 2.32. The predicted molar refractivity (Wildman–Crippen MR) is 79.2 cm³/mol. The molecule has 0 unspecified atom stereocenters. The Bertz CT molecular complexity index is 725. The molecule has 2 aromatic heterocycles. The van der Waals surface area contributed by atoms with Crippen molar-refractivity contribution in [3.05, 3.63) is 35.4 Å². The summed E-state index contributed by atoms with van der Waals surface area (Å²) in [6, 6.07) is 3.84. The number of pyridine rings is 1. The van der Waals surface area contributed by atoms with Crippen LogP contribution in [0.3, 0.4) is 0 Å². The number of imidazole rings is 1. The van der Waals surface area contributed by atoms with E-state index in [-0.39, 0.29) is 11.8 Å². The quantitative estimate of drug-likeness (QED) is 0.910. The first-order valence-electron chi connectivity index (χ1n) is 6.54. The Labute approximate surface area is 117 Å². The minimum absolute atomic E-state index is 0.173. The fraction of sp³-hybridized carbons (Fsp3) is 0.267. The maximum atomic E-state index is 10.2. The molecule has 0 spiro atoms. The van der Waals surface area contributed by atoms with Gasteiger partial charge >= 0.3 is 0 Å². The number of aromatic nitrogens is 3. The lowest BCUT2D eigenvalue weighted by atomic mass is 10.1. The van der Waals surface area contributed by atoms with Crippen molar-refractivity contribution >= 4 is 23.7 Å². The maximum Gasteiger partial charge on any atom is 0.218 e. The van der Waals surface area contributed by atoms with Crippen molar-refractivity contribution < 1.29 is 5.11 Å². The minimum Gasteiger partial charge on any atom is -0.493 e. The molecule has 20 heavy (non-hydrogen) atoms. The molecule has 0 saturated carbocycles. The number of hydrogen-bond donors (Lipinski definition) is 1. The third-order valence-electron chi connectivity index (χ3n) is 3.36. The minimum atomic E-state index is 0.173. The van der Waals surface area contributed by atoms with E-state index in [2.05, 4.69) is 28.8 Å². The lowest BCUT2D eigenvalue weighted by Gasteiger charge is -2.03. The number of rotatable bonds is 2. The highest BCUT2D eigenvalue weighted by molar-refractivity contribution is 6.20. The van der Waals surface area contributed by atoms with Gasteiger partial charge in [-0.15, -0.1) is 0 Å². The van der Waals surface area contributed by atoms with E-state index in [4.69, 9.17) is 0 Å². The Kier molecular flexibility index (Phi) is 2.89. The van der Waals surface area contributed by atoms with Crippen molar-refractivity contribution in [2.45, 2.75) is 19.8 Å². The number of aliphatic imine (C=N–C) groups is 1. The van der Waals surface area contributed by atoms with Gasteiger partial charge in [-0.1, -0.05) is 13.8 Å². The molecular formula is C15H16N4O. The molecule has 3 rings (SSSR count). The van der Waals surface area contributed by atoms with Gasteiger partial charge in [0.15, 0.2) is 5.82 Å². The summed E-state index contributed by atoms with van der Waals surface area (Å²) < 4.78 is 1.72. The Morgan fingerprint density at radius 3 is 2.85 bits per heavy atom. The zero-order valence-corrected chi connectivity index (χ0v) is 11.7. The first-order valence-corrected chi connectivity index (χ1v) is 6.54. The SMILES string of the molecule is CC(C)c1nc(/C=C2/C=Nc3ncccc32)c(O)n1C. The van der Waals surface area contributed by atoms with E-state index in [0.717, 1.165) is 17.0 Å². The summed E-state index contributed by atoms with van der Waals surface area (Å²) in [5.41, 5.74) is 2.44. The standard InChI is InChI=1S/C15H16N4O/c1-9(2)14-18-12(15(20)19(14)3)7-10-8-17-13-11(10)5-4-6-16-13/h4-9,20H,1-3H3/b10-7-. The van der Waals surface area contributed by atoms with Gasteiger partial charge in [-0.2, -0.15) is 0 Å². The average molecular weight is 268 g/mol. The normalized spacial score (nSPS) is 15.3. The van der Waals surface area contributed by atoms with E-state index in [9.17, 15) is 5.11 Å². The summed E-state index contributed by atoms with van der Waals surface area (Å²) in [5, 5.41) is 10.2. The van der Waals surface area contributed by atoms with Crippen LogP contribution in [0.15, 0.2) is 23.3 Å². The molecular weight excluding hydrogens is 252 g/mol. The van der Waals surface area contributed by atoms with Crippen molar-refractivity contribution in [2.75, 3.05) is 0 Å². The van der Waals surface area contributed by atoms with E-state index in [1.807, 2.05) is 25.3 Å². The van der Waals surface area contributed by atoms with Crippen molar-refractivity contribution in [2.24, 2.45) is 12.0 Å². The van der Waals surface area contributed by atoms with Crippen LogP contribution in [0.2, 0.25) is 0 Å². The molecule has 0 atom stereocenters. The first kappa shape index (κ1) is 12.6. The zero-order valence-electron chi connectivity index (χ0n) is 11.7. The number of nitrogens with zero attached hydrogens (tertiary/aromatic N) is 4. The van der Waals surface area contributed by atoms with E-state index >= 15 is 0 Å². The third kappa shape index (κ3) is 1.91. The molecule has 5 nitrogen and oxygen atoms in total. The lowest BCUT2D eigenvalue weighted by Crippen LogP contribution is -1.98. The van der Waals surface area contributed by atoms with Crippen molar-refractivity contribution in [1.82, 2.24) is 14.5 Å². The van der Waals surface area contributed by atoms with E-state index < -0.39 is 0 Å². The molecule has 1 aliphatic heterocycles. The van der Waals surface area contributed by atoms with Gasteiger partial charge < -0.3 is 9.67 Å². The van der Waals surface area contributed by atoms with E-state index in [1.54, 1.807) is 17.0 Å². The number of aromatic hydroxyl groups is 1. The van der Waals surface area contributed by atoms with Crippen LogP contribution in [0.25, 0.3) is 11.6 Å². The Hall–Kier alpha value is -2.43. The molecule has 0 bridgehead atoms. The van der Waals surface area contributed by atoms with Gasteiger partial charge in [0.1, 0.15) is 11.5 Å². The Morgan fingerprint density at radius 1 is 1.35 bits per heavy atom. The predicted octanol–water partition coefficient (Wildman–Crippen LogP) is 2.90. The summed E-state index contributed by atoms with van der Waals surface area (Å²) >= 11 is 0. The Balaban J connectivity index is 2.07. The van der Waals surface area contributed by atoms with Crippen molar-refractivity contribution in [3.8, 4) is 5.88 Å². The molecule has 102 valence electrons. The van der Waals surface area contributed by atoms with Gasteiger partial charge in [0, 0.05) is 36.5 Å². The molecule has 5 heteroatoms. The van der Waals surface area contributed by atoms with Gasteiger partial charge in [-0.25, -0.2) is 15.0 Å². The Morgan fingerprint density at radius 2 is 2.15 bits per heavy atom. The maximum absolute atomic E-state index is 10.2. The van der Waals surface area contributed by atoms with Gasteiger partial charge in [0.25, 0.3) is 0 Å². The number of allylic oxidation sites excluding steroid dienone is 1. The van der Waals surface area contributed by atoms with Crippen molar-refractivity contribution in [3.63, 3.8) is 0 Å². The smallest absolute Gasteiger partial charge is 0.218 e. The van der Waals surface area contributed by atoms with Crippen LogP contribution < -0.4 is 0 Å². The zero-order chi connectivity index (χ0) is 14.3. The molecule has 0 amide bonds. The highest BCUT2D eigenvalue weighted by atomic mass is 16.3. The van der Waals surface area contributed by atoms with E-state index in [1.165, 1.54) is 0 Å². The summed E-state index contributed by atoms with van der Waals surface area (Å²) in [6.07, 6.45) is 5.31. The van der Waals surface area contributed by atoms with Crippen LogP contribution >= 0.6 is 0 Å². The van der Waals surface area contributed by atoms with Crippen LogP contribution in [0.4, 0.5) is 5.82 Å². The molecule has 0 fully saturated rings. The molecule has 0 aliphatic carbocycles. The van der Waals surface area contributed by atoms with E-state index in [0.29, 0.717) is 11.5 Å². The van der Waals surface area contributed by atoms with Crippen LogP contribution in [0.5, 0.6) is 5.88 Å². The van der Waals surface area contributed by atoms with Crippen LogP contribution in [-0.4, -0.2) is 25.9 Å². The molecule has 0 saturated heterocycles. The molecule has 2 aromatic rings. The molecule has 1 N–H and O–H groups in total. The third-order valence-corrected chi connectivity index (χ3v) is 3.36. The molecule has 0 aromatic carbocycles. The first-order chi connectivity index (χ1) is 9.58. The average Bonchev–Trinajstić information content (AvgIpc) is 2.96. The van der Waals surface area contributed by atoms with Crippen molar-refractivity contribution in [1.29, 1.82) is 0 Å². The van der Waals surface area contributed by atoms with Gasteiger partial charge in [0.2, 0.25) is 5.88 Å². The molecule has 1 aliphatic rings. The van der Waals surface area contributed by atoms with Crippen LogP contribution in [0, 0.1) is 0 Å². The second-order valence-corrected chi connectivity index (χ2v) is 5.13. The van der Waals surface area contributed by atoms with Gasteiger partial charge in [-0.05, 0) is 18.2 Å². The van der Waals surface area contributed by atoms with Crippen LogP contribution in [0.1, 0.15) is 36.8 Å². The lowest BCUT2D eigenvalue weighted by molar-refractivity contribution is 0.426. The second kappa shape index (κ2) is 4.59. The summed E-state index contributed by atoms with van der Waals surface area (Å²) in [6.45, 7) is 4.10. The largest absolute Gasteiger partial charge is 0.493 e. The fourth-order valence-corrected chi connectivity index (χ4v) is 2.33. The second-order valence-electron chi connectivity index (χ2n) is 5.13. The van der Waals surface area contributed by atoms with Gasteiger partial charge in [-0.3, -0.25) is 0 Å². The topological polar surface area (TPSA) is 63.3 Å². The molecule has 3 heterocycles. The highest BCUT2D eigenvalue weighted by Gasteiger charge is 2.17. The molecule has 0 radical (unpaired) electrons. The summed E-state index contributed by atoms with van der Waals surface area (Å²) in [5.74, 6) is 1.99. The summed E-state index contributed by atoms with van der Waals surface area (Å²) in [7, 11) is 1.82. The number of fused-ring (bicyclic) bond motifs is 1.